The van der Waals surface area contributed by atoms with E-state index in [1.807, 2.05) is 0 Å². The molecule has 12 heavy (non-hydrogen) atoms. The molecular weight excluding hydrogens is 172 g/mol. The fourth-order valence-electron chi connectivity index (χ4n) is 1.82. The number of halogens is 1. The van der Waals surface area contributed by atoms with Crippen LogP contribution in [0.5, 0.6) is 0 Å². The van der Waals surface area contributed by atoms with Crippen LogP contribution in [0.3, 0.4) is 0 Å². The average Bonchev–Trinajstić information content (AvgIpc) is 2.31. The minimum Gasteiger partial charge on any atom is -0.328 e. The van der Waals surface area contributed by atoms with Crippen molar-refractivity contribution in [2.75, 3.05) is 20.6 Å². The summed E-state index contributed by atoms with van der Waals surface area (Å²) in [6.45, 7) is 1.22. The van der Waals surface area contributed by atoms with Gasteiger partial charge in [-0.1, -0.05) is 0 Å². The molecule has 0 amide bonds. The summed E-state index contributed by atoms with van der Waals surface area (Å²) in [4.78, 5) is 2.25. The third kappa shape index (κ3) is 4.29. The lowest BCUT2D eigenvalue weighted by Gasteiger charge is -2.13. The van der Waals surface area contributed by atoms with Crippen molar-refractivity contribution in [2.24, 2.45) is 11.7 Å². The quantitative estimate of drug-likeness (QED) is 0.735. The summed E-state index contributed by atoms with van der Waals surface area (Å²) in [6.07, 6.45) is 5.20. The minimum atomic E-state index is 0. The van der Waals surface area contributed by atoms with Crippen molar-refractivity contribution in [3.8, 4) is 0 Å². The Labute approximate surface area is 81.9 Å². The SMILES string of the molecule is CN(C)CCC1CCC(N)C1.Cl. The van der Waals surface area contributed by atoms with Crippen molar-refractivity contribution in [3.63, 3.8) is 0 Å². The van der Waals surface area contributed by atoms with Gasteiger partial charge in [-0.25, -0.2) is 0 Å². The first-order valence-corrected chi connectivity index (χ1v) is 4.59. The van der Waals surface area contributed by atoms with Crippen LogP contribution < -0.4 is 5.73 Å². The zero-order valence-corrected chi connectivity index (χ0v) is 8.94. The van der Waals surface area contributed by atoms with Gasteiger partial charge in [-0.3, -0.25) is 0 Å². The Morgan fingerprint density at radius 2 is 2.00 bits per heavy atom. The Morgan fingerprint density at radius 3 is 2.42 bits per heavy atom. The fraction of sp³-hybridized carbons (Fsp3) is 1.00. The van der Waals surface area contributed by atoms with Crippen LogP contribution in [0, 0.1) is 5.92 Å². The average molecular weight is 193 g/mol. The summed E-state index contributed by atoms with van der Waals surface area (Å²) in [6, 6.07) is 0.502. The Morgan fingerprint density at radius 1 is 1.33 bits per heavy atom. The first kappa shape index (κ1) is 12.2. The van der Waals surface area contributed by atoms with E-state index in [9.17, 15) is 0 Å². The third-order valence-corrected chi connectivity index (χ3v) is 2.57. The highest BCUT2D eigenvalue weighted by molar-refractivity contribution is 5.85. The molecule has 0 heterocycles. The molecule has 0 radical (unpaired) electrons. The van der Waals surface area contributed by atoms with Gasteiger partial charge in [-0.2, -0.15) is 0 Å². The van der Waals surface area contributed by atoms with E-state index in [1.165, 1.54) is 32.2 Å². The van der Waals surface area contributed by atoms with Crippen LogP contribution in [0.15, 0.2) is 0 Å². The molecule has 1 rings (SSSR count). The molecule has 0 aromatic carbocycles. The van der Waals surface area contributed by atoms with Crippen LogP contribution in [0.1, 0.15) is 25.7 Å². The molecule has 74 valence electrons. The van der Waals surface area contributed by atoms with Gasteiger partial charge in [0.25, 0.3) is 0 Å². The van der Waals surface area contributed by atoms with Gasteiger partial charge in [0.2, 0.25) is 0 Å². The predicted molar refractivity (Wildman–Crippen MR) is 55.7 cm³/mol. The Balaban J connectivity index is 0.00000121. The maximum Gasteiger partial charge on any atom is 0.00415 e. The second kappa shape index (κ2) is 5.79. The zero-order valence-electron chi connectivity index (χ0n) is 8.12. The molecule has 3 heteroatoms. The van der Waals surface area contributed by atoms with E-state index in [4.69, 9.17) is 5.73 Å². The largest absolute Gasteiger partial charge is 0.328 e. The van der Waals surface area contributed by atoms with Crippen molar-refractivity contribution in [3.05, 3.63) is 0 Å². The molecule has 1 saturated carbocycles. The second-order valence-electron chi connectivity index (χ2n) is 4.03. The lowest BCUT2D eigenvalue weighted by molar-refractivity contribution is 0.351. The monoisotopic (exact) mass is 192 g/mol. The van der Waals surface area contributed by atoms with Crippen molar-refractivity contribution < 1.29 is 0 Å². The lowest BCUT2D eigenvalue weighted by Crippen LogP contribution is -2.18. The van der Waals surface area contributed by atoms with Gasteiger partial charge >= 0.3 is 0 Å². The van der Waals surface area contributed by atoms with Crippen molar-refractivity contribution in [1.29, 1.82) is 0 Å². The maximum absolute atomic E-state index is 5.82. The van der Waals surface area contributed by atoms with Crippen LogP contribution in [-0.4, -0.2) is 31.6 Å². The first-order chi connectivity index (χ1) is 5.18. The molecule has 2 nitrogen and oxygen atoms in total. The van der Waals surface area contributed by atoms with E-state index in [-0.39, 0.29) is 12.4 Å². The smallest absolute Gasteiger partial charge is 0.00415 e. The molecule has 0 aromatic heterocycles. The molecule has 0 saturated heterocycles. The number of hydrogen-bond donors (Lipinski definition) is 1. The van der Waals surface area contributed by atoms with E-state index in [0.717, 1.165) is 5.92 Å². The first-order valence-electron chi connectivity index (χ1n) is 4.59. The highest BCUT2D eigenvalue weighted by atomic mass is 35.5. The summed E-state index contributed by atoms with van der Waals surface area (Å²) in [7, 11) is 4.27. The molecule has 2 unspecified atom stereocenters. The van der Waals surface area contributed by atoms with E-state index in [1.54, 1.807) is 0 Å². The van der Waals surface area contributed by atoms with Gasteiger partial charge in [0.1, 0.15) is 0 Å². The highest BCUT2D eigenvalue weighted by Crippen LogP contribution is 2.26. The number of nitrogens with two attached hydrogens (primary N) is 1. The molecular formula is C9H21ClN2. The minimum absolute atomic E-state index is 0. The summed E-state index contributed by atoms with van der Waals surface area (Å²) in [5.41, 5.74) is 5.82. The van der Waals surface area contributed by atoms with Gasteiger partial charge in [0, 0.05) is 6.04 Å². The topological polar surface area (TPSA) is 29.3 Å². The number of rotatable bonds is 3. The molecule has 1 fully saturated rings. The zero-order chi connectivity index (χ0) is 8.27. The predicted octanol–water partition coefficient (Wildman–Crippen LogP) is 1.49. The standard InChI is InChI=1S/C9H20N2.ClH/c1-11(2)6-5-8-3-4-9(10)7-8;/h8-9H,3-7,10H2,1-2H3;1H. The molecule has 0 aliphatic heterocycles. The van der Waals surface area contributed by atoms with Crippen LogP contribution in [0.4, 0.5) is 0 Å². The van der Waals surface area contributed by atoms with E-state index in [2.05, 4.69) is 19.0 Å². The normalized spacial score (nSPS) is 29.0. The van der Waals surface area contributed by atoms with Gasteiger partial charge in [-0.15, -0.1) is 12.4 Å². The maximum atomic E-state index is 5.82. The summed E-state index contributed by atoms with van der Waals surface area (Å²) < 4.78 is 0. The molecule has 0 aromatic rings. The molecule has 2 atom stereocenters. The van der Waals surface area contributed by atoms with Crippen LogP contribution >= 0.6 is 12.4 Å². The van der Waals surface area contributed by atoms with Gasteiger partial charge < -0.3 is 10.6 Å². The van der Waals surface area contributed by atoms with E-state index < -0.39 is 0 Å². The Hall–Kier alpha value is 0.210. The highest BCUT2D eigenvalue weighted by Gasteiger charge is 2.20. The van der Waals surface area contributed by atoms with Crippen molar-refractivity contribution >= 4 is 12.4 Å². The number of nitrogens with zero attached hydrogens (tertiary/aromatic N) is 1. The van der Waals surface area contributed by atoms with Crippen LogP contribution in [0.2, 0.25) is 0 Å². The third-order valence-electron chi connectivity index (χ3n) is 2.57. The van der Waals surface area contributed by atoms with Crippen molar-refractivity contribution in [1.82, 2.24) is 4.90 Å². The second-order valence-corrected chi connectivity index (χ2v) is 4.03. The van der Waals surface area contributed by atoms with E-state index >= 15 is 0 Å². The van der Waals surface area contributed by atoms with Gasteiger partial charge in [0.15, 0.2) is 0 Å². The summed E-state index contributed by atoms with van der Waals surface area (Å²) in [5, 5.41) is 0. The summed E-state index contributed by atoms with van der Waals surface area (Å²) in [5.74, 6) is 0.910. The van der Waals surface area contributed by atoms with Gasteiger partial charge in [0.05, 0.1) is 0 Å². The Kier molecular flexibility index (Phi) is 5.89. The lowest BCUT2D eigenvalue weighted by atomic mass is 10.0. The molecule has 1 aliphatic carbocycles. The molecule has 0 spiro atoms. The Bertz CT molecular complexity index is 117. The van der Waals surface area contributed by atoms with Gasteiger partial charge in [-0.05, 0) is 52.2 Å². The van der Waals surface area contributed by atoms with Crippen LogP contribution in [-0.2, 0) is 0 Å². The van der Waals surface area contributed by atoms with Crippen LogP contribution in [0.25, 0.3) is 0 Å². The molecule has 2 N–H and O–H groups in total. The molecule has 0 bridgehead atoms. The molecule has 1 aliphatic rings. The fourth-order valence-corrected chi connectivity index (χ4v) is 1.82. The number of hydrogen-bond acceptors (Lipinski definition) is 2. The van der Waals surface area contributed by atoms with Crippen molar-refractivity contribution in [2.45, 2.75) is 31.7 Å². The summed E-state index contributed by atoms with van der Waals surface area (Å²) >= 11 is 0. The van der Waals surface area contributed by atoms with E-state index in [0.29, 0.717) is 6.04 Å².